The quantitative estimate of drug-likeness (QED) is 0.441. The molecule has 0 saturated carbocycles. The van der Waals surface area contributed by atoms with Gasteiger partial charge in [-0.15, -0.1) is 0 Å². The van der Waals surface area contributed by atoms with Crippen molar-refractivity contribution in [3.63, 3.8) is 0 Å². The number of piperazine rings is 1. The minimum Gasteiger partial charge on any atom is -0.477 e. The summed E-state index contributed by atoms with van der Waals surface area (Å²) in [7, 11) is 0. The van der Waals surface area contributed by atoms with Crippen molar-refractivity contribution in [2.24, 2.45) is 5.92 Å². The van der Waals surface area contributed by atoms with Gasteiger partial charge in [-0.05, 0) is 30.5 Å². The summed E-state index contributed by atoms with van der Waals surface area (Å²) >= 11 is 0. The van der Waals surface area contributed by atoms with E-state index in [0.717, 1.165) is 101 Å². The van der Waals surface area contributed by atoms with Crippen LogP contribution in [0.4, 0.5) is 5.82 Å². The molecular weight excluding hydrogens is 468 g/mol. The number of ether oxygens (including phenoxy) is 2. The molecule has 1 aromatic carbocycles. The molecule has 0 bridgehead atoms. The fourth-order valence-corrected chi connectivity index (χ4v) is 5.79. The van der Waals surface area contributed by atoms with Crippen LogP contribution in [0.2, 0.25) is 0 Å². The Labute approximate surface area is 218 Å². The number of hydrogen-bond donors (Lipinski definition) is 1. The Hall–Kier alpha value is -2.72. The van der Waals surface area contributed by atoms with Gasteiger partial charge in [0.2, 0.25) is 5.88 Å². The van der Waals surface area contributed by atoms with Gasteiger partial charge in [-0.1, -0.05) is 23.4 Å². The van der Waals surface area contributed by atoms with Gasteiger partial charge >= 0.3 is 0 Å². The minimum atomic E-state index is 0.541. The molecule has 3 fully saturated rings. The molecule has 0 aliphatic carbocycles. The number of anilines is 1. The largest absolute Gasteiger partial charge is 0.477 e. The van der Waals surface area contributed by atoms with Gasteiger partial charge < -0.3 is 24.2 Å². The summed E-state index contributed by atoms with van der Waals surface area (Å²) in [5.41, 5.74) is 2.05. The highest BCUT2D eigenvalue weighted by atomic mass is 16.5. The van der Waals surface area contributed by atoms with Crippen LogP contribution in [0.25, 0.3) is 11.0 Å². The number of rotatable bonds is 9. The summed E-state index contributed by atoms with van der Waals surface area (Å²) in [4.78, 5) is 12.0. The highest BCUT2D eigenvalue weighted by Crippen LogP contribution is 2.31. The summed E-state index contributed by atoms with van der Waals surface area (Å²) in [6.45, 7) is 11.5. The smallest absolute Gasteiger partial charge is 0.213 e. The third kappa shape index (κ3) is 6.06. The Morgan fingerprint density at radius 3 is 2.81 bits per heavy atom. The molecule has 3 aromatic rings. The van der Waals surface area contributed by atoms with Gasteiger partial charge in [-0.25, -0.2) is 4.98 Å². The summed E-state index contributed by atoms with van der Waals surface area (Å²) in [5.74, 6) is 2.25. The van der Waals surface area contributed by atoms with E-state index in [1.165, 1.54) is 18.4 Å². The Morgan fingerprint density at radius 1 is 1.00 bits per heavy atom. The molecule has 3 aliphatic rings. The van der Waals surface area contributed by atoms with Crippen molar-refractivity contribution in [1.29, 1.82) is 0 Å². The van der Waals surface area contributed by atoms with E-state index in [0.29, 0.717) is 12.0 Å². The average Bonchev–Trinajstić information content (AvgIpc) is 3.39. The van der Waals surface area contributed by atoms with E-state index in [9.17, 15) is 0 Å². The molecule has 1 N–H and O–H groups in total. The number of benzene rings is 1. The highest BCUT2D eigenvalue weighted by Gasteiger charge is 2.34. The van der Waals surface area contributed by atoms with E-state index in [1.54, 1.807) is 0 Å². The van der Waals surface area contributed by atoms with Crippen molar-refractivity contribution in [3.8, 4) is 5.88 Å². The first-order valence-corrected chi connectivity index (χ1v) is 13.7. The molecule has 9 nitrogen and oxygen atoms in total. The third-order valence-corrected chi connectivity index (χ3v) is 7.97. The predicted octanol–water partition coefficient (Wildman–Crippen LogP) is 2.62. The Balaban J connectivity index is 0.919. The molecule has 2 aromatic heterocycles. The second-order valence-electron chi connectivity index (χ2n) is 10.5. The number of pyridine rings is 1. The van der Waals surface area contributed by atoms with E-state index in [1.807, 2.05) is 24.4 Å². The minimum absolute atomic E-state index is 0.541. The molecular formula is C28H38N6O3. The number of hydrogen-bond acceptors (Lipinski definition) is 9. The molecule has 0 radical (unpaired) electrons. The zero-order valence-electron chi connectivity index (χ0n) is 21.6. The zero-order chi connectivity index (χ0) is 24.9. The van der Waals surface area contributed by atoms with Gasteiger partial charge in [0.15, 0.2) is 11.4 Å². The van der Waals surface area contributed by atoms with Crippen LogP contribution in [0.15, 0.2) is 47.1 Å². The van der Waals surface area contributed by atoms with Crippen LogP contribution >= 0.6 is 0 Å². The molecule has 6 rings (SSSR count). The first-order valence-electron chi connectivity index (χ1n) is 13.7. The van der Waals surface area contributed by atoms with Gasteiger partial charge in [0.25, 0.3) is 0 Å². The second-order valence-corrected chi connectivity index (χ2v) is 10.5. The maximum atomic E-state index is 6.10. The first-order chi connectivity index (χ1) is 18.3. The molecule has 37 heavy (non-hydrogen) atoms. The molecule has 198 valence electrons. The van der Waals surface area contributed by atoms with E-state index < -0.39 is 0 Å². The Kier molecular flexibility index (Phi) is 7.83. The number of aromatic nitrogens is 2. The number of para-hydroxylation sites is 1. The number of nitrogens with one attached hydrogen (secondary N) is 1. The van der Waals surface area contributed by atoms with E-state index in [-0.39, 0.29) is 0 Å². The van der Waals surface area contributed by atoms with Gasteiger partial charge in [0, 0.05) is 83.1 Å². The standard InChI is InChI=1S/C28H38N6O3/c1-2-4-26-25(3-1)28(31-37-26)34-12-11-33-19-23(5-7-24(33)20-34)21-36-27-8-6-22(18-30-27)17-29-9-10-32-13-15-35-16-14-32/h1-4,6,8,18,23-24,29H,5,7,9-17,19-21H2/t23-,24-/m1/s1. The lowest BCUT2D eigenvalue weighted by Crippen LogP contribution is -2.57. The van der Waals surface area contributed by atoms with E-state index in [4.69, 9.17) is 14.0 Å². The Bertz CT molecular complexity index is 1130. The van der Waals surface area contributed by atoms with Crippen LogP contribution in [0.1, 0.15) is 18.4 Å². The second kappa shape index (κ2) is 11.8. The van der Waals surface area contributed by atoms with Crippen LogP contribution in [-0.2, 0) is 11.3 Å². The Morgan fingerprint density at radius 2 is 1.92 bits per heavy atom. The number of piperidine rings is 1. The number of fused-ring (bicyclic) bond motifs is 2. The lowest BCUT2D eigenvalue weighted by atomic mass is 9.91. The van der Waals surface area contributed by atoms with Crippen LogP contribution in [0, 0.1) is 5.92 Å². The molecule has 0 spiro atoms. The van der Waals surface area contributed by atoms with Crippen molar-refractivity contribution in [2.75, 3.05) is 77.1 Å². The molecule has 0 amide bonds. The predicted molar refractivity (Wildman–Crippen MR) is 143 cm³/mol. The van der Waals surface area contributed by atoms with Crippen LogP contribution in [-0.4, -0.2) is 98.2 Å². The molecule has 0 unspecified atom stereocenters. The summed E-state index contributed by atoms with van der Waals surface area (Å²) < 4.78 is 17.1. The SMILES string of the molecule is c1ccc2c(N3CCN4C[C@H](COc5ccc(CNCCN6CCOCC6)cn5)CC[C@@H]4C3)noc2c1. The normalized spacial score (nSPS) is 23.3. The summed E-state index contributed by atoms with van der Waals surface area (Å²) in [5, 5.41) is 9.01. The topological polar surface area (TPSA) is 79.1 Å². The first kappa shape index (κ1) is 24.6. The van der Waals surface area contributed by atoms with Gasteiger partial charge in [-0.3, -0.25) is 9.80 Å². The molecule has 9 heteroatoms. The third-order valence-electron chi connectivity index (χ3n) is 7.97. The van der Waals surface area contributed by atoms with Gasteiger partial charge in [0.05, 0.1) is 25.2 Å². The van der Waals surface area contributed by atoms with Crippen molar-refractivity contribution in [3.05, 3.63) is 48.2 Å². The fraction of sp³-hybridized carbons (Fsp3) is 0.571. The van der Waals surface area contributed by atoms with E-state index >= 15 is 0 Å². The van der Waals surface area contributed by atoms with Crippen LogP contribution in [0.3, 0.4) is 0 Å². The maximum Gasteiger partial charge on any atom is 0.213 e. The lowest BCUT2D eigenvalue weighted by molar-refractivity contribution is 0.0384. The molecule has 5 heterocycles. The zero-order valence-corrected chi connectivity index (χ0v) is 21.6. The summed E-state index contributed by atoms with van der Waals surface area (Å²) in [6.07, 6.45) is 4.29. The summed E-state index contributed by atoms with van der Waals surface area (Å²) in [6, 6.07) is 12.8. The van der Waals surface area contributed by atoms with Gasteiger partial charge in [0.1, 0.15) is 0 Å². The maximum absolute atomic E-state index is 6.10. The number of nitrogens with zero attached hydrogens (tertiary/aromatic N) is 5. The van der Waals surface area contributed by atoms with Crippen LogP contribution in [0.5, 0.6) is 5.88 Å². The number of morpholine rings is 1. The van der Waals surface area contributed by atoms with Crippen molar-refractivity contribution < 1.29 is 14.0 Å². The van der Waals surface area contributed by atoms with Crippen molar-refractivity contribution in [1.82, 2.24) is 25.3 Å². The fourth-order valence-electron chi connectivity index (χ4n) is 5.79. The molecule has 3 aliphatic heterocycles. The highest BCUT2D eigenvalue weighted by molar-refractivity contribution is 5.88. The van der Waals surface area contributed by atoms with Crippen molar-refractivity contribution >= 4 is 16.8 Å². The van der Waals surface area contributed by atoms with E-state index in [2.05, 4.69) is 48.4 Å². The lowest BCUT2D eigenvalue weighted by Gasteiger charge is -2.46. The van der Waals surface area contributed by atoms with Crippen molar-refractivity contribution in [2.45, 2.75) is 25.4 Å². The average molecular weight is 507 g/mol. The van der Waals surface area contributed by atoms with Crippen LogP contribution < -0.4 is 15.0 Å². The molecule has 3 saturated heterocycles. The molecule has 2 atom stereocenters. The monoisotopic (exact) mass is 506 g/mol. The van der Waals surface area contributed by atoms with Gasteiger partial charge in [-0.2, -0.15) is 0 Å².